The Hall–Kier alpha value is -6.16. The molecule has 0 saturated carbocycles. The van der Waals surface area contributed by atoms with Crippen molar-refractivity contribution < 1.29 is 28.7 Å². The van der Waals surface area contributed by atoms with E-state index in [1.165, 1.54) is 9.80 Å². The fraction of sp³-hybridized carbons (Fsp3) is 0.385. The fourth-order valence-corrected chi connectivity index (χ4v) is 8.73. The zero-order chi connectivity index (χ0) is 49.9. The predicted octanol–water partition coefficient (Wildman–Crippen LogP) is 6.58. The number of carbonyl (C=O) groups is 5. The summed E-state index contributed by atoms with van der Waals surface area (Å²) in [7, 11) is 9.50. The lowest BCUT2D eigenvalue weighted by atomic mass is 9.71. The van der Waals surface area contributed by atoms with Crippen molar-refractivity contribution in [1.82, 2.24) is 39.8 Å². The van der Waals surface area contributed by atoms with Crippen LogP contribution in [0.5, 0.6) is 11.5 Å². The van der Waals surface area contributed by atoms with Gasteiger partial charge >= 0.3 is 0 Å². The van der Waals surface area contributed by atoms with Crippen molar-refractivity contribution in [2.45, 2.75) is 83.5 Å². The second-order valence-electron chi connectivity index (χ2n) is 18.2. The van der Waals surface area contributed by atoms with Crippen molar-refractivity contribution in [2.75, 3.05) is 34.7 Å². The van der Waals surface area contributed by atoms with Crippen LogP contribution in [0.25, 0.3) is 11.3 Å². The molecular weight excluding hydrogens is 914 g/mol. The van der Waals surface area contributed by atoms with Gasteiger partial charge in [-0.1, -0.05) is 78.6 Å². The first kappa shape index (κ1) is 52.2. The van der Waals surface area contributed by atoms with E-state index in [-0.39, 0.29) is 57.4 Å². The Morgan fingerprint density at radius 2 is 1.46 bits per heavy atom. The largest absolute Gasteiger partial charge is 0.457 e. The molecule has 1 aliphatic heterocycles. The molecule has 0 spiro atoms. The van der Waals surface area contributed by atoms with E-state index in [0.29, 0.717) is 40.1 Å². The van der Waals surface area contributed by atoms with Gasteiger partial charge in [0.15, 0.2) is 7.28 Å². The highest BCUT2D eigenvalue weighted by atomic mass is 35.5. The molecule has 2 N–H and O–H groups in total. The first-order valence-corrected chi connectivity index (χ1v) is 24.1. The maximum atomic E-state index is 15.0. The molecule has 1 saturated heterocycles. The average molecular weight is 978 g/mol. The molecule has 17 heteroatoms. The molecule has 69 heavy (non-hydrogen) atoms. The molecule has 1 aromatic heterocycles. The van der Waals surface area contributed by atoms with Gasteiger partial charge in [0, 0.05) is 73.8 Å². The van der Waals surface area contributed by atoms with Gasteiger partial charge in [0.2, 0.25) is 29.5 Å². The minimum Gasteiger partial charge on any atom is -0.457 e. The summed E-state index contributed by atoms with van der Waals surface area (Å²) < 4.78 is 8.55. The zero-order valence-electron chi connectivity index (χ0n) is 40.7. The summed E-state index contributed by atoms with van der Waals surface area (Å²) in [5.41, 5.74) is 4.16. The van der Waals surface area contributed by atoms with Crippen molar-refractivity contribution in [3.05, 3.63) is 136 Å². The van der Waals surface area contributed by atoms with E-state index < -0.39 is 41.8 Å². The number of imidazole rings is 1. The topological polar surface area (TPSA) is 149 Å². The zero-order valence-corrected chi connectivity index (χ0v) is 42.3. The van der Waals surface area contributed by atoms with Gasteiger partial charge in [-0.05, 0) is 100 Å². The molecule has 5 aromatic rings. The Bertz CT molecular complexity index is 2580. The molecule has 2 heterocycles. The summed E-state index contributed by atoms with van der Waals surface area (Å²) in [4.78, 5) is 83.3. The monoisotopic (exact) mass is 976 g/mol. The van der Waals surface area contributed by atoms with E-state index in [1.807, 2.05) is 101 Å². The van der Waals surface area contributed by atoms with Gasteiger partial charge < -0.3 is 39.5 Å². The van der Waals surface area contributed by atoms with Crippen LogP contribution in [0.15, 0.2) is 103 Å². The van der Waals surface area contributed by atoms with E-state index in [2.05, 4.69) is 25.1 Å². The third-order valence-electron chi connectivity index (χ3n) is 12.9. The molecule has 4 aromatic carbocycles. The number of likely N-dealkylation sites (N-methyl/N-ethyl adjacent to an activating group) is 2. The lowest BCUT2D eigenvalue weighted by Gasteiger charge is -2.35. The van der Waals surface area contributed by atoms with Crippen molar-refractivity contribution in [2.24, 2.45) is 13.0 Å². The molecule has 0 aliphatic carbocycles. The second-order valence-corrected chi connectivity index (χ2v) is 19.1. The van der Waals surface area contributed by atoms with E-state index in [4.69, 9.17) is 27.9 Å². The highest BCUT2D eigenvalue weighted by Gasteiger charge is 2.36. The minimum atomic E-state index is -1.12. The summed E-state index contributed by atoms with van der Waals surface area (Å²) in [6, 6.07) is 27.2. The Labute approximate surface area is 416 Å². The molecule has 0 radical (unpaired) electrons. The van der Waals surface area contributed by atoms with Crippen LogP contribution in [0.3, 0.4) is 0 Å². The van der Waals surface area contributed by atoms with Crippen LogP contribution in [0.4, 0.5) is 0 Å². The smallest absolute Gasteiger partial charge is 0.242 e. The number of halogens is 2. The number of amides is 5. The van der Waals surface area contributed by atoms with Gasteiger partial charge in [-0.3, -0.25) is 24.0 Å². The Kier molecular flexibility index (Phi) is 18.1. The number of hydrogen-bond donors (Lipinski definition) is 2. The Morgan fingerprint density at radius 3 is 2.13 bits per heavy atom. The van der Waals surface area contributed by atoms with Crippen LogP contribution in [0.2, 0.25) is 16.9 Å². The predicted molar refractivity (Wildman–Crippen MR) is 272 cm³/mol. The van der Waals surface area contributed by atoms with Gasteiger partial charge in [0.05, 0.1) is 36.8 Å². The molecule has 0 bridgehead atoms. The molecule has 5 atom stereocenters. The van der Waals surface area contributed by atoms with Crippen molar-refractivity contribution in [3.63, 3.8) is 0 Å². The van der Waals surface area contributed by atoms with Gasteiger partial charge in [-0.2, -0.15) is 0 Å². The number of nitrogens with zero attached hydrogens (tertiary/aromatic N) is 6. The number of nitrogens with one attached hydrogen (secondary N) is 2. The third kappa shape index (κ3) is 13.8. The van der Waals surface area contributed by atoms with Gasteiger partial charge in [-0.25, -0.2) is 4.98 Å². The molecule has 5 unspecified atom stereocenters. The molecule has 1 aliphatic rings. The third-order valence-corrected chi connectivity index (χ3v) is 13.4. The summed E-state index contributed by atoms with van der Waals surface area (Å²) in [6.45, 7) is 5.97. The van der Waals surface area contributed by atoms with Crippen LogP contribution in [-0.2, 0) is 57.0 Å². The summed E-state index contributed by atoms with van der Waals surface area (Å²) in [5.74, 6) is -2.02. The number of carbonyl (C=O) groups excluding carboxylic acids is 5. The standard InChI is InChI=1S/C52H63BCl2N8O6/c1-33-29-57-47(64)28-42(25-36-14-19-40(54)20-15-36)61(7)52(68)49(53-3)58-50(66)34(2)63(48(65)26-39(51(67)60(33)6)24-35-12-10-9-11-13-35)31-38-16-21-41(55)27-45(38)69-43-22-17-37(18-23-43)44-30-56-46(62(44)8)32-59(4)5/h9-23,27,30,33-34,39,42,49,53H,24-26,28-29,31-32H2,1-8H3,(H,57,64)(H,58,66). The highest BCUT2D eigenvalue weighted by molar-refractivity contribution is 6.43. The maximum absolute atomic E-state index is 15.0. The Balaban J connectivity index is 1.35. The number of benzene rings is 4. The van der Waals surface area contributed by atoms with Gasteiger partial charge in [-0.15, -0.1) is 0 Å². The lowest BCUT2D eigenvalue weighted by Crippen LogP contribution is -2.57. The second kappa shape index (κ2) is 23.9. The van der Waals surface area contributed by atoms with Crippen molar-refractivity contribution in [1.29, 1.82) is 0 Å². The summed E-state index contributed by atoms with van der Waals surface area (Å²) in [6.07, 6.45) is 2.15. The SMILES string of the molecule is CBC1NC(=O)C(C)N(Cc2ccc(Cl)cc2Oc2ccc(-c3cnc(CN(C)C)n3C)cc2)C(=O)CC(Cc2ccccc2)C(=O)N(C)C(C)CNC(=O)CC(Cc2ccc(Cl)cc2)N(C)C1=O. The summed E-state index contributed by atoms with van der Waals surface area (Å²) in [5, 5.41) is 6.86. The van der Waals surface area contributed by atoms with Gasteiger partial charge in [0.25, 0.3) is 0 Å². The molecule has 14 nitrogen and oxygen atoms in total. The minimum absolute atomic E-state index is 0.0349. The van der Waals surface area contributed by atoms with Crippen LogP contribution < -0.4 is 15.4 Å². The van der Waals surface area contributed by atoms with Crippen LogP contribution >= 0.6 is 23.2 Å². The first-order chi connectivity index (χ1) is 32.9. The summed E-state index contributed by atoms with van der Waals surface area (Å²) >= 11 is 12.8. The molecule has 364 valence electrons. The normalized spacial score (nSPS) is 20.4. The maximum Gasteiger partial charge on any atom is 0.242 e. The number of rotatable bonds is 12. The lowest BCUT2D eigenvalue weighted by molar-refractivity contribution is -0.146. The Morgan fingerprint density at radius 1 is 0.797 bits per heavy atom. The number of hydrogen-bond acceptors (Lipinski definition) is 8. The van der Waals surface area contributed by atoms with Crippen molar-refractivity contribution in [3.8, 4) is 22.8 Å². The first-order valence-electron chi connectivity index (χ1n) is 23.3. The average Bonchev–Trinajstić information content (AvgIpc) is 3.69. The van der Waals surface area contributed by atoms with E-state index in [1.54, 1.807) is 63.1 Å². The number of aromatic nitrogens is 2. The van der Waals surface area contributed by atoms with Crippen LogP contribution in [0, 0.1) is 5.92 Å². The van der Waals surface area contributed by atoms with Gasteiger partial charge in [0.1, 0.15) is 23.4 Å². The molecule has 1 fully saturated rings. The van der Waals surface area contributed by atoms with Crippen LogP contribution in [0.1, 0.15) is 49.2 Å². The van der Waals surface area contributed by atoms with E-state index in [0.717, 1.165) is 28.2 Å². The quantitative estimate of drug-likeness (QED) is 0.133. The molecule has 6 rings (SSSR count). The van der Waals surface area contributed by atoms with Crippen LogP contribution in [-0.4, -0.2) is 125 Å². The molecule has 5 amide bonds. The van der Waals surface area contributed by atoms with Crippen molar-refractivity contribution >= 4 is 60.0 Å². The molecular formula is C52H63BCl2N8O6. The fourth-order valence-electron chi connectivity index (χ4n) is 8.45. The van der Waals surface area contributed by atoms with E-state index in [9.17, 15) is 19.2 Å². The highest BCUT2D eigenvalue weighted by Crippen LogP contribution is 2.32. The van der Waals surface area contributed by atoms with E-state index >= 15 is 4.79 Å². The number of ether oxygens (including phenoxy) is 1.